The second kappa shape index (κ2) is 5.51. The summed E-state index contributed by atoms with van der Waals surface area (Å²) >= 11 is 0. The predicted molar refractivity (Wildman–Crippen MR) is 60.2 cm³/mol. The maximum Gasteiger partial charge on any atom is 0.163 e. The van der Waals surface area contributed by atoms with Crippen LogP contribution in [0.25, 0.3) is 0 Å². The molecule has 0 radical (unpaired) electrons. The Labute approximate surface area is 90.3 Å². The molecule has 0 aromatic rings. The summed E-state index contributed by atoms with van der Waals surface area (Å²) in [5, 5.41) is 0. The first-order chi connectivity index (χ1) is 7.19. The zero-order valence-electron chi connectivity index (χ0n) is 9.25. The fourth-order valence-corrected chi connectivity index (χ4v) is 1.55. The number of hydrogen-bond donors (Lipinski definition) is 1. The van der Waals surface area contributed by atoms with E-state index in [2.05, 4.69) is 0 Å². The van der Waals surface area contributed by atoms with E-state index in [1.165, 1.54) is 5.57 Å². The van der Waals surface area contributed by atoms with Crippen molar-refractivity contribution in [2.75, 3.05) is 13.7 Å². The molecule has 3 nitrogen and oxygen atoms in total. The lowest BCUT2D eigenvalue weighted by Crippen LogP contribution is -2.02. The van der Waals surface area contributed by atoms with Crippen molar-refractivity contribution in [1.82, 2.24) is 0 Å². The van der Waals surface area contributed by atoms with Crippen LogP contribution in [0.3, 0.4) is 0 Å². The molecule has 2 N–H and O–H groups in total. The second-order valence-electron chi connectivity index (χ2n) is 3.48. The lowest BCUT2D eigenvalue weighted by molar-refractivity contribution is -0.113. The number of rotatable bonds is 4. The Morgan fingerprint density at radius 3 is 2.80 bits per heavy atom. The molecule has 0 saturated carbocycles. The monoisotopic (exact) mass is 207 g/mol. The number of allylic oxidation sites excluding steroid dienone is 4. The van der Waals surface area contributed by atoms with Gasteiger partial charge in [-0.2, -0.15) is 0 Å². The highest BCUT2D eigenvalue weighted by atomic mass is 16.5. The Balaban J connectivity index is 2.92. The van der Waals surface area contributed by atoms with Crippen LogP contribution in [0.1, 0.15) is 19.8 Å². The Hall–Kier alpha value is -1.35. The van der Waals surface area contributed by atoms with Crippen molar-refractivity contribution in [3.63, 3.8) is 0 Å². The largest absolute Gasteiger partial charge is 0.496 e. The molecule has 0 aliphatic heterocycles. The molecule has 0 saturated heterocycles. The maximum absolute atomic E-state index is 11.3. The van der Waals surface area contributed by atoms with Gasteiger partial charge in [-0.15, -0.1) is 0 Å². The van der Waals surface area contributed by atoms with Crippen molar-refractivity contribution in [2.24, 2.45) is 5.73 Å². The van der Waals surface area contributed by atoms with Crippen LogP contribution in [0.5, 0.6) is 0 Å². The van der Waals surface area contributed by atoms with Crippen LogP contribution >= 0.6 is 0 Å². The van der Waals surface area contributed by atoms with Crippen LogP contribution in [-0.2, 0) is 9.53 Å². The number of Topliss-reactive ketones (excluding diaryl/α,β-unsaturated/α-hetero) is 1. The van der Waals surface area contributed by atoms with Crippen LogP contribution in [0.15, 0.2) is 35.1 Å². The second-order valence-corrected chi connectivity index (χ2v) is 3.48. The molecule has 0 atom stereocenters. The van der Waals surface area contributed by atoms with Gasteiger partial charge in [0.15, 0.2) is 5.78 Å². The highest BCUT2D eigenvalue weighted by Gasteiger charge is 2.12. The summed E-state index contributed by atoms with van der Waals surface area (Å²) < 4.78 is 5.17. The summed E-state index contributed by atoms with van der Waals surface area (Å²) in [6.45, 7) is 2.18. The topological polar surface area (TPSA) is 52.3 Å². The van der Waals surface area contributed by atoms with E-state index in [1.807, 2.05) is 18.2 Å². The van der Waals surface area contributed by atoms with E-state index in [0.717, 1.165) is 12.8 Å². The predicted octanol–water partition coefficient (Wildman–Crippen LogP) is 1.71. The molecule has 1 rings (SSSR count). The van der Waals surface area contributed by atoms with Gasteiger partial charge in [0, 0.05) is 0 Å². The van der Waals surface area contributed by atoms with Gasteiger partial charge in [-0.1, -0.05) is 17.7 Å². The molecule has 1 aliphatic rings. The van der Waals surface area contributed by atoms with Crippen molar-refractivity contribution in [3.05, 3.63) is 35.1 Å². The number of ether oxygens (including phenoxy) is 1. The molecule has 0 fully saturated rings. The van der Waals surface area contributed by atoms with Crippen LogP contribution in [0, 0.1) is 0 Å². The first-order valence-corrected chi connectivity index (χ1v) is 5.04. The number of hydrogen-bond acceptors (Lipinski definition) is 3. The third-order valence-corrected chi connectivity index (χ3v) is 2.37. The molecule has 0 aromatic heterocycles. The van der Waals surface area contributed by atoms with E-state index in [4.69, 9.17) is 10.5 Å². The van der Waals surface area contributed by atoms with Crippen molar-refractivity contribution in [3.8, 4) is 0 Å². The number of ketones is 1. The van der Waals surface area contributed by atoms with Crippen molar-refractivity contribution >= 4 is 5.78 Å². The minimum atomic E-state index is 0.0329. The molecule has 1 aliphatic carbocycles. The van der Waals surface area contributed by atoms with Crippen LogP contribution in [-0.4, -0.2) is 19.4 Å². The summed E-state index contributed by atoms with van der Waals surface area (Å²) in [5.41, 5.74) is 7.37. The Morgan fingerprint density at radius 2 is 2.27 bits per heavy atom. The van der Waals surface area contributed by atoms with Crippen molar-refractivity contribution in [2.45, 2.75) is 19.8 Å². The van der Waals surface area contributed by atoms with Gasteiger partial charge in [0.25, 0.3) is 0 Å². The summed E-state index contributed by atoms with van der Waals surface area (Å²) in [5.74, 6) is 0.667. The summed E-state index contributed by atoms with van der Waals surface area (Å²) in [4.78, 5) is 11.3. The first kappa shape index (κ1) is 11.7. The zero-order valence-corrected chi connectivity index (χ0v) is 9.25. The molecule has 82 valence electrons. The summed E-state index contributed by atoms with van der Waals surface area (Å²) in [6.07, 6.45) is 7.36. The highest BCUT2D eigenvalue weighted by molar-refractivity contribution is 5.97. The molecule has 0 heterocycles. The van der Waals surface area contributed by atoms with Gasteiger partial charge in [0.1, 0.15) is 5.76 Å². The number of carbonyl (C=O) groups is 1. The fraction of sp³-hybridized carbons (Fsp3) is 0.417. The van der Waals surface area contributed by atoms with Gasteiger partial charge in [-0.25, -0.2) is 0 Å². The summed E-state index contributed by atoms with van der Waals surface area (Å²) in [6, 6.07) is 0. The average molecular weight is 207 g/mol. The van der Waals surface area contributed by atoms with E-state index in [0.29, 0.717) is 17.9 Å². The molecular formula is C12H17NO2. The number of methoxy groups -OCH3 is 1. The normalized spacial score (nSPS) is 16.1. The smallest absolute Gasteiger partial charge is 0.163 e. The van der Waals surface area contributed by atoms with E-state index in [1.54, 1.807) is 14.0 Å². The Morgan fingerprint density at radius 1 is 1.53 bits per heavy atom. The van der Waals surface area contributed by atoms with Crippen LogP contribution in [0.4, 0.5) is 0 Å². The van der Waals surface area contributed by atoms with E-state index >= 15 is 0 Å². The zero-order chi connectivity index (χ0) is 11.3. The molecule has 0 bridgehead atoms. The Kier molecular flexibility index (Phi) is 4.31. The third-order valence-electron chi connectivity index (χ3n) is 2.37. The highest BCUT2D eigenvalue weighted by Crippen LogP contribution is 2.20. The minimum absolute atomic E-state index is 0.0329. The summed E-state index contributed by atoms with van der Waals surface area (Å²) in [7, 11) is 1.57. The SMILES string of the molecule is COC1=CC=C(CCN)CC=C1C(C)=O. The lowest BCUT2D eigenvalue weighted by atomic mass is 10.1. The Bertz CT molecular complexity index is 338. The molecule has 3 heteroatoms. The van der Waals surface area contributed by atoms with Gasteiger partial charge in [-0.05, 0) is 32.4 Å². The minimum Gasteiger partial charge on any atom is -0.496 e. The number of nitrogens with two attached hydrogens (primary N) is 1. The van der Waals surface area contributed by atoms with E-state index in [9.17, 15) is 4.79 Å². The molecule has 0 amide bonds. The molecule has 0 unspecified atom stereocenters. The number of carbonyl (C=O) groups excluding carboxylic acids is 1. The standard InChI is InChI=1S/C12H17NO2/c1-9(14)11-5-3-10(7-8-13)4-6-12(11)15-2/h4-6H,3,7-8,13H2,1-2H3. The van der Waals surface area contributed by atoms with Crippen molar-refractivity contribution < 1.29 is 9.53 Å². The van der Waals surface area contributed by atoms with Gasteiger partial charge >= 0.3 is 0 Å². The average Bonchev–Trinajstić information content (AvgIpc) is 2.40. The maximum atomic E-state index is 11.3. The van der Waals surface area contributed by atoms with Gasteiger partial charge in [-0.3, -0.25) is 4.79 Å². The van der Waals surface area contributed by atoms with Gasteiger partial charge in [0.2, 0.25) is 0 Å². The third kappa shape index (κ3) is 3.06. The van der Waals surface area contributed by atoms with E-state index in [-0.39, 0.29) is 5.78 Å². The quantitative estimate of drug-likeness (QED) is 0.763. The van der Waals surface area contributed by atoms with E-state index < -0.39 is 0 Å². The van der Waals surface area contributed by atoms with Gasteiger partial charge in [0.05, 0.1) is 12.7 Å². The molecule has 15 heavy (non-hydrogen) atoms. The first-order valence-electron chi connectivity index (χ1n) is 5.04. The van der Waals surface area contributed by atoms with Crippen LogP contribution < -0.4 is 5.73 Å². The lowest BCUT2D eigenvalue weighted by Gasteiger charge is -2.05. The van der Waals surface area contributed by atoms with Crippen LogP contribution in [0.2, 0.25) is 0 Å². The molecular weight excluding hydrogens is 190 g/mol. The molecule has 0 spiro atoms. The fourth-order valence-electron chi connectivity index (χ4n) is 1.55. The van der Waals surface area contributed by atoms with Crippen molar-refractivity contribution in [1.29, 1.82) is 0 Å². The van der Waals surface area contributed by atoms with Gasteiger partial charge < -0.3 is 10.5 Å². The molecule has 0 aromatic carbocycles.